The van der Waals surface area contributed by atoms with Crippen LogP contribution in [0.1, 0.15) is 93.4 Å². The largest absolute Gasteiger partial charge is 0.469 e. The molecule has 0 amide bonds. The Morgan fingerprint density at radius 1 is 0.943 bits per heavy atom. The SMILES string of the molecule is COC(=O)[C@]12CCC(C)(C)CC1C1=CC(=O)[C@@H]3[C@@]4(C)C=CC(=O)C(C)(C)[C@@H]4CC[C@@]3(C)[C@]1(C)CC2. The first-order valence-corrected chi connectivity index (χ1v) is 13.7. The van der Waals surface area contributed by atoms with Gasteiger partial charge in [0.2, 0.25) is 0 Å². The summed E-state index contributed by atoms with van der Waals surface area (Å²) < 4.78 is 5.42. The number of ketones is 2. The average molecular weight is 481 g/mol. The van der Waals surface area contributed by atoms with Crippen molar-refractivity contribution in [2.24, 2.45) is 50.2 Å². The third-order valence-electron chi connectivity index (χ3n) is 12.3. The van der Waals surface area contributed by atoms with Gasteiger partial charge in [-0.2, -0.15) is 0 Å². The molecule has 192 valence electrons. The Balaban J connectivity index is 1.68. The number of hydrogen-bond acceptors (Lipinski definition) is 4. The van der Waals surface area contributed by atoms with Gasteiger partial charge in [0.05, 0.1) is 12.5 Å². The molecule has 0 aliphatic heterocycles. The number of methoxy groups -OCH3 is 1. The predicted molar refractivity (Wildman–Crippen MR) is 136 cm³/mol. The van der Waals surface area contributed by atoms with Gasteiger partial charge in [0.25, 0.3) is 0 Å². The summed E-state index contributed by atoms with van der Waals surface area (Å²) in [5, 5.41) is 0. The molecule has 4 heteroatoms. The number of esters is 1. The van der Waals surface area contributed by atoms with Gasteiger partial charge in [0.1, 0.15) is 0 Å². The zero-order valence-electron chi connectivity index (χ0n) is 23.0. The fourth-order valence-electron chi connectivity index (χ4n) is 9.95. The number of allylic oxidation sites excluding steroid dienone is 4. The third kappa shape index (κ3) is 2.95. The molecule has 5 rings (SSSR count). The van der Waals surface area contributed by atoms with Crippen molar-refractivity contribution in [2.45, 2.75) is 93.4 Å². The van der Waals surface area contributed by atoms with Gasteiger partial charge < -0.3 is 4.74 Å². The van der Waals surface area contributed by atoms with Gasteiger partial charge in [-0.3, -0.25) is 14.4 Å². The minimum atomic E-state index is -0.515. The van der Waals surface area contributed by atoms with Crippen LogP contribution in [0.3, 0.4) is 0 Å². The highest BCUT2D eigenvalue weighted by molar-refractivity contribution is 5.99. The van der Waals surface area contributed by atoms with Gasteiger partial charge in [-0.05, 0) is 85.2 Å². The minimum absolute atomic E-state index is 0.0459. The molecule has 0 heterocycles. The van der Waals surface area contributed by atoms with E-state index >= 15 is 0 Å². The second-order valence-corrected chi connectivity index (χ2v) is 14.6. The van der Waals surface area contributed by atoms with Crippen molar-refractivity contribution in [2.75, 3.05) is 7.11 Å². The molecule has 1 unspecified atom stereocenters. The van der Waals surface area contributed by atoms with E-state index in [0.717, 1.165) is 44.9 Å². The molecule has 3 fully saturated rings. The van der Waals surface area contributed by atoms with E-state index in [1.807, 2.05) is 6.08 Å². The molecule has 0 spiro atoms. The zero-order valence-corrected chi connectivity index (χ0v) is 23.0. The zero-order chi connectivity index (χ0) is 25.8. The Hall–Kier alpha value is -1.71. The summed E-state index contributed by atoms with van der Waals surface area (Å²) in [5.41, 5.74) is -0.367. The molecule has 0 aromatic carbocycles. The standard InChI is InChI=1S/C31H44O4/c1-26(2)13-15-31(25(34)35-8)16-14-29(6)19(20(31)18-26)17-21(32)24-28(5)11-10-23(33)27(3,4)22(28)9-12-30(24,29)7/h10-11,17,20,22,24H,9,12-16,18H2,1-8H3/t20?,22-,24+,28-,29+,30+,31-/m0/s1. The number of fused-ring (bicyclic) bond motifs is 7. The number of carbonyl (C=O) groups excluding carboxylic acids is 3. The third-order valence-corrected chi connectivity index (χ3v) is 12.3. The molecule has 4 nitrogen and oxygen atoms in total. The van der Waals surface area contributed by atoms with E-state index < -0.39 is 10.8 Å². The second-order valence-electron chi connectivity index (χ2n) is 14.6. The summed E-state index contributed by atoms with van der Waals surface area (Å²) in [7, 11) is 1.51. The average Bonchev–Trinajstić information content (AvgIpc) is 2.77. The molecule has 0 radical (unpaired) electrons. The van der Waals surface area contributed by atoms with Gasteiger partial charge >= 0.3 is 5.97 Å². The fourth-order valence-corrected chi connectivity index (χ4v) is 9.95. The summed E-state index contributed by atoms with van der Waals surface area (Å²) in [6.45, 7) is 15.7. The molecular formula is C31H44O4. The van der Waals surface area contributed by atoms with Crippen LogP contribution in [0.5, 0.6) is 0 Å². The number of hydrogen-bond donors (Lipinski definition) is 0. The van der Waals surface area contributed by atoms with Gasteiger partial charge in [-0.1, -0.05) is 60.1 Å². The molecule has 0 aromatic rings. The molecule has 3 saturated carbocycles. The first-order valence-electron chi connectivity index (χ1n) is 13.7. The maximum Gasteiger partial charge on any atom is 0.312 e. The van der Waals surface area contributed by atoms with E-state index in [1.54, 1.807) is 6.08 Å². The summed E-state index contributed by atoms with van der Waals surface area (Å²) in [4.78, 5) is 40.4. The molecule has 5 aliphatic carbocycles. The highest BCUT2D eigenvalue weighted by Gasteiger charge is 2.70. The lowest BCUT2D eigenvalue weighted by Crippen LogP contribution is -2.66. The highest BCUT2D eigenvalue weighted by Crippen LogP contribution is 2.74. The van der Waals surface area contributed by atoms with E-state index in [4.69, 9.17) is 4.74 Å². The van der Waals surface area contributed by atoms with Crippen molar-refractivity contribution >= 4 is 17.5 Å². The van der Waals surface area contributed by atoms with Gasteiger partial charge in [-0.25, -0.2) is 0 Å². The van der Waals surface area contributed by atoms with Crippen LogP contribution in [0, 0.1) is 50.2 Å². The van der Waals surface area contributed by atoms with Crippen molar-refractivity contribution in [1.29, 1.82) is 0 Å². The lowest BCUT2D eigenvalue weighted by Gasteiger charge is -2.68. The Kier molecular flexibility index (Phi) is 5.13. The van der Waals surface area contributed by atoms with Crippen LogP contribution in [-0.4, -0.2) is 24.6 Å². The molecule has 5 aliphatic rings. The van der Waals surface area contributed by atoms with Crippen LogP contribution in [0.4, 0.5) is 0 Å². The van der Waals surface area contributed by atoms with E-state index in [-0.39, 0.29) is 56.9 Å². The second kappa shape index (κ2) is 7.19. The van der Waals surface area contributed by atoms with Crippen LogP contribution < -0.4 is 0 Å². The Morgan fingerprint density at radius 3 is 2.26 bits per heavy atom. The van der Waals surface area contributed by atoms with Crippen LogP contribution in [0.15, 0.2) is 23.8 Å². The maximum absolute atomic E-state index is 14.3. The van der Waals surface area contributed by atoms with Crippen molar-refractivity contribution < 1.29 is 19.1 Å². The van der Waals surface area contributed by atoms with E-state index in [2.05, 4.69) is 54.5 Å². The lowest BCUT2D eigenvalue weighted by atomic mass is 9.34. The van der Waals surface area contributed by atoms with Crippen LogP contribution >= 0.6 is 0 Å². The van der Waals surface area contributed by atoms with Crippen molar-refractivity contribution in [1.82, 2.24) is 0 Å². The van der Waals surface area contributed by atoms with Crippen molar-refractivity contribution in [3.63, 3.8) is 0 Å². The smallest absolute Gasteiger partial charge is 0.312 e. The summed E-state index contributed by atoms with van der Waals surface area (Å²) >= 11 is 0. The maximum atomic E-state index is 14.3. The minimum Gasteiger partial charge on any atom is -0.469 e. The molecule has 0 N–H and O–H groups in total. The number of carbonyl (C=O) groups is 3. The highest BCUT2D eigenvalue weighted by atomic mass is 16.5. The van der Waals surface area contributed by atoms with Gasteiger partial charge in [-0.15, -0.1) is 0 Å². The molecule has 35 heavy (non-hydrogen) atoms. The van der Waals surface area contributed by atoms with Crippen LogP contribution in [0.25, 0.3) is 0 Å². The molecule has 0 bridgehead atoms. The Bertz CT molecular complexity index is 1060. The normalized spacial score (nSPS) is 47.5. The van der Waals surface area contributed by atoms with E-state index in [1.165, 1.54) is 12.7 Å². The topological polar surface area (TPSA) is 60.4 Å². The lowest BCUT2D eigenvalue weighted by molar-refractivity contribution is -0.180. The molecule has 7 atom stereocenters. The van der Waals surface area contributed by atoms with Crippen molar-refractivity contribution in [3.05, 3.63) is 23.8 Å². The first kappa shape index (κ1) is 25.0. The van der Waals surface area contributed by atoms with Gasteiger partial charge in [0, 0.05) is 16.7 Å². The Labute approximate surface area is 211 Å². The predicted octanol–water partition coefficient (Wildman–Crippen LogP) is 6.49. The fraction of sp³-hybridized carbons (Fsp3) is 0.774. The molecular weight excluding hydrogens is 436 g/mol. The number of ether oxygens (including phenoxy) is 1. The van der Waals surface area contributed by atoms with Crippen LogP contribution in [-0.2, 0) is 19.1 Å². The van der Waals surface area contributed by atoms with E-state index in [0.29, 0.717) is 0 Å². The molecule has 0 saturated heterocycles. The summed E-state index contributed by atoms with van der Waals surface area (Å²) in [6, 6.07) is 0. The quantitative estimate of drug-likeness (QED) is 0.403. The van der Waals surface area contributed by atoms with Gasteiger partial charge in [0.15, 0.2) is 11.6 Å². The van der Waals surface area contributed by atoms with E-state index in [9.17, 15) is 14.4 Å². The number of rotatable bonds is 1. The summed E-state index contributed by atoms with van der Waals surface area (Å²) in [5.74, 6) is 0.328. The molecule has 0 aromatic heterocycles. The monoisotopic (exact) mass is 480 g/mol. The summed E-state index contributed by atoms with van der Waals surface area (Å²) in [6.07, 6.45) is 12.2. The van der Waals surface area contributed by atoms with Crippen molar-refractivity contribution in [3.8, 4) is 0 Å². The first-order chi connectivity index (χ1) is 16.1. The van der Waals surface area contributed by atoms with Crippen LogP contribution in [0.2, 0.25) is 0 Å². The Morgan fingerprint density at radius 2 is 1.60 bits per heavy atom.